The summed E-state index contributed by atoms with van der Waals surface area (Å²) in [6, 6.07) is 2.32. The lowest BCUT2D eigenvalue weighted by Gasteiger charge is -2.25. The largest absolute Gasteiger partial charge is 0.481 e. The number of carboxylic acid groups (broad SMARTS) is 2. The number of nitrogens with two attached hydrogens (primary N) is 1. The Morgan fingerprint density at radius 3 is 2.09 bits per heavy atom. The first-order chi connectivity index (χ1) is 16.4. The molecule has 0 bridgehead atoms. The van der Waals surface area contributed by atoms with Crippen LogP contribution in [-0.2, 0) is 30.4 Å². The van der Waals surface area contributed by atoms with Crippen molar-refractivity contribution in [3.05, 3.63) is 36.0 Å². The minimum atomic E-state index is -1.50. The fourth-order valence-electron chi connectivity index (χ4n) is 3.46. The summed E-state index contributed by atoms with van der Waals surface area (Å²) < 4.78 is 0. The zero-order valence-electron chi connectivity index (χ0n) is 19.7. The predicted octanol–water partition coefficient (Wildman–Crippen LogP) is -0.273. The van der Waals surface area contributed by atoms with Crippen molar-refractivity contribution in [2.45, 2.75) is 57.8 Å². The number of hydrogen-bond acceptors (Lipinski definition) is 6. The van der Waals surface area contributed by atoms with Crippen LogP contribution in [0.1, 0.15) is 32.8 Å². The van der Waals surface area contributed by atoms with Gasteiger partial charge in [0.1, 0.15) is 18.1 Å². The maximum absolute atomic E-state index is 13.1. The summed E-state index contributed by atoms with van der Waals surface area (Å²) >= 11 is 0. The fourth-order valence-corrected chi connectivity index (χ4v) is 3.46. The molecule has 0 aliphatic rings. The Bertz CT molecular complexity index is 1090. The molecule has 0 aliphatic heterocycles. The zero-order chi connectivity index (χ0) is 26.3. The van der Waals surface area contributed by atoms with Gasteiger partial charge in [-0.05, 0) is 24.5 Å². The number of aliphatic carboxylic acids is 2. The number of benzene rings is 1. The van der Waals surface area contributed by atoms with Crippen LogP contribution < -0.4 is 21.7 Å². The zero-order valence-corrected chi connectivity index (χ0v) is 19.7. The van der Waals surface area contributed by atoms with Crippen LogP contribution in [-0.4, -0.2) is 69.0 Å². The molecule has 2 rings (SSSR count). The Labute approximate surface area is 201 Å². The number of H-pyrrole nitrogens is 1. The number of carbonyl (C=O) groups excluding carboxylic acids is 3. The van der Waals surface area contributed by atoms with Gasteiger partial charge in [0.25, 0.3) is 0 Å². The van der Waals surface area contributed by atoms with Crippen LogP contribution in [0.4, 0.5) is 0 Å². The highest BCUT2D eigenvalue weighted by Gasteiger charge is 2.32. The van der Waals surface area contributed by atoms with Crippen molar-refractivity contribution in [3.8, 4) is 0 Å². The first kappa shape index (κ1) is 27.3. The fraction of sp³-hybridized carbons (Fsp3) is 0.435. The van der Waals surface area contributed by atoms with Gasteiger partial charge in [-0.1, -0.05) is 32.0 Å². The lowest BCUT2D eigenvalue weighted by molar-refractivity contribution is -0.144. The Balaban J connectivity index is 2.34. The van der Waals surface area contributed by atoms with Crippen LogP contribution in [0.5, 0.6) is 0 Å². The molecule has 2 aromatic rings. The summed E-state index contributed by atoms with van der Waals surface area (Å²) in [6.45, 7) is 4.62. The van der Waals surface area contributed by atoms with E-state index in [9.17, 15) is 34.2 Å². The molecule has 190 valence electrons. The topological polar surface area (TPSA) is 204 Å². The van der Waals surface area contributed by atoms with E-state index in [1.54, 1.807) is 26.1 Å². The summed E-state index contributed by atoms with van der Waals surface area (Å²) in [7, 11) is 0. The molecular formula is C23H31N5O7. The van der Waals surface area contributed by atoms with Gasteiger partial charge in [0, 0.05) is 23.5 Å². The molecule has 1 aromatic carbocycles. The number of amides is 3. The van der Waals surface area contributed by atoms with Crippen LogP contribution in [0, 0.1) is 5.92 Å². The Morgan fingerprint density at radius 2 is 1.51 bits per heavy atom. The molecule has 0 spiro atoms. The molecule has 1 aromatic heterocycles. The van der Waals surface area contributed by atoms with E-state index >= 15 is 0 Å². The molecule has 4 atom stereocenters. The van der Waals surface area contributed by atoms with Crippen molar-refractivity contribution >= 4 is 40.6 Å². The van der Waals surface area contributed by atoms with Crippen LogP contribution in [0.2, 0.25) is 0 Å². The van der Waals surface area contributed by atoms with Gasteiger partial charge in [-0.25, -0.2) is 4.79 Å². The molecule has 35 heavy (non-hydrogen) atoms. The summed E-state index contributed by atoms with van der Waals surface area (Å²) in [5.41, 5.74) is 6.98. The van der Waals surface area contributed by atoms with E-state index in [1.165, 1.54) is 6.92 Å². The van der Waals surface area contributed by atoms with Gasteiger partial charge in [0.2, 0.25) is 17.7 Å². The smallest absolute Gasteiger partial charge is 0.326 e. The Hall–Kier alpha value is -3.93. The standard InChI is InChI=1S/C23H31N5O7/c1-11(2)19(23(34)35)28-22(33)16(8-13-10-25-15-7-5-4-6-14(13)15)27-21(32)17(9-18(29)30)26-20(31)12(3)24/h4-7,10-12,16-17,19,25H,8-9,24H2,1-3H3,(H,26,31)(H,27,32)(H,28,33)(H,29,30)(H,34,35). The quantitative estimate of drug-likeness (QED) is 0.211. The number of aromatic nitrogens is 1. The van der Waals surface area contributed by atoms with E-state index in [-0.39, 0.29) is 6.42 Å². The van der Waals surface area contributed by atoms with Crippen molar-refractivity contribution in [2.75, 3.05) is 0 Å². The van der Waals surface area contributed by atoms with Crippen LogP contribution >= 0.6 is 0 Å². The third-order valence-electron chi connectivity index (χ3n) is 5.39. The van der Waals surface area contributed by atoms with Crippen molar-refractivity contribution in [1.82, 2.24) is 20.9 Å². The van der Waals surface area contributed by atoms with Crippen molar-refractivity contribution in [3.63, 3.8) is 0 Å². The van der Waals surface area contributed by atoms with Gasteiger partial charge in [-0.2, -0.15) is 0 Å². The van der Waals surface area contributed by atoms with Crippen molar-refractivity contribution < 1.29 is 34.2 Å². The van der Waals surface area contributed by atoms with Gasteiger partial charge in [-0.15, -0.1) is 0 Å². The normalized spacial score (nSPS) is 14.5. The SMILES string of the molecule is CC(N)C(=O)NC(CC(=O)O)C(=O)NC(Cc1c[nH]c2ccccc12)C(=O)NC(C(=O)O)C(C)C. The lowest BCUT2D eigenvalue weighted by atomic mass is 10.0. The monoisotopic (exact) mass is 489 g/mol. The molecule has 0 saturated heterocycles. The second kappa shape index (κ2) is 12.0. The second-order valence-electron chi connectivity index (χ2n) is 8.64. The van der Waals surface area contributed by atoms with Crippen molar-refractivity contribution in [1.29, 1.82) is 0 Å². The summed E-state index contributed by atoms with van der Waals surface area (Å²) in [4.78, 5) is 64.0. The third-order valence-corrected chi connectivity index (χ3v) is 5.39. The van der Waals surface area contributed by atoms with Gasteiger partial charge in [0.05, 0.1) is 12.5 Å². The molecule has 0 saturated carbocycles. The number of hydrogen-bond donors (Lipinski definition) is 7. The number of carboxylic acids is 2. The van der Waals surface area contributed by atoms with E-state index in [2.05, 4.69) is 20.9 Å². The van der Waals surface area contributed by atoms with Crippen LogP contribution in [0.15, 0.2) is 30.5 Å². The predicted molar refractivity (Wildman–Crippen MR) is 126 cm³/mol. The maximum Gasteiger partial charge on any atom is 0.326 e. The van der Waals surface area contributed by atoms with Crippen LogP contribution in [0.3, 0.4) is 0 Å². The van der Waals surface area contributed by atoms with E-state index in [4.69, 9.17) is 5.73 Å². The molecule has 0 radical (unpaired) electrons. The van der Waals surface area contributed by atoms with E-state index in [1.807, 2.05) is 18.2 Å². The average molecular weight is 490 g/mol. The summed E-state index contributed by atoms with van der Waals surface area (Å²) in [5, 5.41) is 26.6. The molecular weight excluding hydrogens is 458 g/mol. The first-order valence-corrected chi connectivity index (χ1v) is 11.1. The molecule has 12 nitrogen and oxygen atoms in total. The Morgan fingerprint density at radius 1 is 0.914 bits per heavy atom. The van der Waals surface area contributed by atoms with Crippen molar-refractivity contribution in [2.24, 2.45) is 11.7 Å². The molecule has 0 aliphatic carbocycles. The van der Waals surface area contributed by atoms with E-state index < -0.39 is 66.2 Å². The van der Waals surface area contributed by atoms with Crippen LogP contribution in [0.25, 0.3) is 10.9 Å². The van der Waals surface area contributed by atoms with E-state index in [0.29, 0.717) is 5.56 Å². The number of rotatable bonds is 12. The average Bonchev–Trinajstić information content (AvgIpc) is 3.18. The molecule has 4 unspecified atom stereocenters. The summed E-state index contributed by atoms with van der Waals surface area (Å²) in [5.74, 6) is -5.45. The number of nitrogens with one attached hydrogen (secondary N) is 4. The van der Waals surface area contributed by atoms with Gasteiger partial charge in [0.15, 0.2) is 0 Å². The minimum absolute atomic E-state index is 0.0208. The highest BCUT2D eigenvalue weighted by molar-refractivity contribution is 5.96. The molecule has 3 amide bonds. The summed E-state index contributed by atoms with van der Waals surface area (Å²) in [6.07, 6.45) is 0.906. The van der Waals surface area contributed by atoms with E-state index in [0.717, 1.165) is 10.9 Å². The second-order valence-corrected chi connectivity index (χ2v) is 8.64. The molecule has 8 N–H and O–H groups in total. The molecule has 1 heterocycles. The Kier molecular flexibility index (Phi) is 9.34. The third kappa shape index (κ3) is 7.54. The van der Waals surface area contributed by atoms with Gasteiger partial charge >= 0.3 is 11.9 Å². The van der Waals surface area contributed by atoms with Gasteiger partial charge < -0.3 is 36.9 Å². The van der Waals surface area contributed by atoms with Gasteiger partial charge in [-0.3, -0.25) is 19.2 Å². The number of fused-ring (bicyclic) bond motifs is 1. The first-order valence-electron chi connectivity index (χ1n) is 11.1. The highest BCUT2D eigenvalue weighted by Crippen LogP contribution is 2.19. The maximum atomic E-state index is 13.1. The minimum Gasteiger partial charge on any atom is -0.481 e. The number of carbonyl (C=O) groups is 5. The molecule has 12 heteroatoms. The number of para-hydroxylation sites is 1. The number of aromatic amines is 1. The highest BCUT2D eigenvalue weighted by atomic mass is 16.4. The lowest BCUT2D eigenvalue weighted by Crippen LogP contribution is -2.58. The molecule has 0 fully saturated rings.